The van der Waals surface area contributed by atoms with Gasteiger partial charge in [-0.05, 0) is 17.7 Å². The minimum absolute atomic E-state index is 0.0443. The number of anilines is 1. The van der Waals surface area contributed by atoms with Crippen LogP contribution in [0.25, 0.3) is 0 Å². The van der Waals surface area contributed by atoms with Gasteiger partial charge in [0.1, 0.15) is 18.0 Å². The molecule has 6 nitrogen and oxygen atoms in total. The molecule has 0 bridgehead atoms. The van der Waals surface area contributed by atoms with E-state index < -0.39 is 12.1 Å². The van der Waals surface area contributed by atoms with E-state index in [1.165, 1.54) is 18.2 Å². The molecule has 0 heterocycles. The third kappa shape index (κ3) is 3.73. The molecule has 21 heavy (non-hydrogen) atoms. The Hall–Kier alpha value is -3.02. The molecule has 0 radical (unpaired) electrons. The van der Waals surface area contributed by atoms with E-state index in [2.05, 4.69) is 5.32 Å². The summed E-state index contributed by atoms with van der Waals surface area (Å²) in [6.07, 6.45) is -0.845. The Bertz CT molecular complexity index is 654. The topological polar surface area (TPSA) is 95.9 Å². The fraction of sp³-hybridized carbons (Fsp3) is 0.0667. The lowest BCUT2D eigenvalue weighted by Crippen LogP contribution is -2.16. The van der Waals surface area contributed by atoms with Crippen LogP contribution in [0.2, 0.25) is 0 Å². The molecule has 2 aromatic carbocycles. The van der Waals surface area contributed by atoms with Crippen LogP contribution >= 0.6 is 0 Å². The van der Waals surface area contributed by atoms with E-state index in [0.717, 1.165) is 5.56 Å². The van der Waals surface area contributed by atoms with Crippen LogP contribution in [0.1, 0.15) is 15.9 Å². The third-order valence-corrected chi connectivity index (χ3v) is 2.71. The number of hydrogen-bond acceptors (Lipinski definition) is 4. The molecule has 0 aliphatic rings. The average Bonchev–Trinajstić information content (AvgIpc) is 2.48. The second kappa shape index (κ2) is 6.42. The molecule has 0 aliphatic heterocycles. The van der Waals surface area contributed by atoms with Gasteiger partial charge in [-0.25, -0.2) is 9.59 Å². The number of ether oxygens (including phenoxy) is 1. The molecule has 0 saturated heterocycles. The number of aromatic hydroxyl groups is 1. The van der Waals surface area contributed by atoms with Gasteiger partial charge in [0.2, 0.25) is 0 Å². The molecule has 0 spiro atoms. The van der Waals surface area contributed by atoms with Gasteiger partial charge in [-0.2, -0.15) is 0 Å². The number of aromatic carboxylic acids is 1. The number of rotatable bonds is 4. The lowest BCUT2D eigenvalue weighted by molar-refractivity contribution is 0.0697. The zero-order valence-electron chi connectivity index (χ0n) is 10.9. The minimum atomic E-state index is -1.26. The molecule has 1 amide bonds. The Balaban J connectivity index is 2.05. The molecule has 0 aliphatic carbocycles. The summed E-state index contributed by atoms with van der Waals surface area (Å²) in [5, 5.41) is 20.9. The van der Waals surface area contributed by atoms with Crippen molar-refractivity contribution in [3.63, 3.8) is 0 Å². The van der Waals surface area contributed by atoms with E-state index in [9.17, 15) is 14.7 Å². The quantitative estimate of drug-likeness (QED) is 0.751. The number of para-hydroxylation sites is 1. The average molecular weight is 287 g/mol. The summed E-state index contributed by atoms with van der Waals surface area (Å²) in [4.78, 5) is 22.7. The van der Waals surface area contributed by atoms with Crippen LogP contribution in [-0.2, 0) is 11.3 Å². The van der Waals surface area contributed by atoms with Crippen LogP contribution in [0.5, 0.6) is 5.75 Å². The highest BCUT2D eigenvalue weighted by molar-refractivity contribution is 6.00. The summed E-state index contributed by atoms with van der Waals surface area (Å²) < 4.78 is 4.97. The molecular formula is C15H13NO5. The lowest BCUT2D eigenvalue weighted by Gasteiger charge is -2.10. The fourth-order valence-corrected chi connectivity index (χ4v) is 1.71. The first-order valence-electron chi connectivity index (χ1n) is 6.11. The van der Waals surface area contributed by atoms with Crippen molar-refractivity contribution in [3.8, 4) is 5.75 Å². The standard InChI is InChI=1S/C15H13NO5/c17-12-8-4-7-11(14(18)19)13(12)16-15(20)21-9-10-5-2-1-3-6-10/h1-8,17H,9H2,(H,16,20)(H,18,19). The smallest absolute Gasteiger partial charge is 0.412 e. The van der Waals surface area contributed by atoms with Gasteiger partial charge in [-0.15, -0.1) is 0 Å². The van der Waals surface area contributed by atoms with Crippen molar-refractivity contribution in [3.05, 3.63) is 59.7 Å². The minimum Gasteiger partial charge on any atom is -0.506 e. The Morgan fingerprint density at radius 3 is 2.43 bits per heavy atom. The highest BCUT2D eigenvalue weighted by Crippen LogP contribution is 2.27. The maximum atomic E-state index is 11.7. The maximum absolute atomic E-state index is 11.7. The van der Waals surface area contributed by atoms with Crippen molar-refractivity contribution in [2.45, 2.75) is 6.61 Å². The van der Waals surface area contributed by atoms with Crippen molar-refractivity contribution in [1.82, 2.24) is 0 Å². The zero-order chi connectivity index (χ0) is 15.2. The van der Waals surface area contributed by atoms with E-state index in [1.54, 1.807) is 12.1 Å². The van der Waals surface area contributed by atoms with Gasteiger partial charge >= 0.3 is 12.1 Å². The predicted molar refractivity (Wildman–Crippen MR) is 75.3 cm³/mol. The van der Waals surface area contributed by atoms with Crippen LogP contribution < -0.4 is 5.32 Å². The molecule has 2 aromatic rings. The number of hydrogen-bond donors (Lipinski definition) is 3. The van der Waals surface area contributed by atoms with Crippen molar-refractivity contribution in [1.29, 1.82) is 0 Å². The Morgan fingerprint density at radius 2 is 1.76 bits per heavy atom. The molecule has 0 unspecified atom stereocenters. The van der Waals surface area contributed by atoms with Gasteiger partial charge < -0.3 is 14.9 Å². The van der Waals surface area contributed by atoms with Crippen LogP contribution in [0, 0.1) is 0 Å². The largest absolute Gasteiger partial charge is 0.506 e. The highest BCUT2D eigenvalue weighted by Gasteiger charge is 2.16. The summed E-state index contributed by atoms with van der Waals surface area (Å²) in [6, 6.07) is 13.0. The molecule has 108 valence electrons. The van der Waals surface area contributed by atoms with Crippen LogP contribution in [0.3, 0.4) is 0 Å². The molecule has 0 fully saturated rings. The van der Waals surface area contributed by atoms with E-state index in [4.69, 9.17) is 9.84 Å². The number of benzene rings is 2. The zero-order valence-corrected chi connectivity index (χ0v) is 10.9. The number of carbonyl (C=O) groups excluding carboxylic acids is 1. The second-order valence-corrected chi connectivity index (χ2v) is 4.19. The lowest BCUT2D eigenvalue weighted by atomic mass is 10.1. The van der Waals surface area contributed by atoms with Crippen LogP contribution in [0.4, 0.5) is 10.5 Å². The van der Waals surface area contributed by atoms with E-state index >= 15 is 0 Å². The first-order valence-corrected chi connectivity index (χ1v) is 6.11. The Kier molecular flexibility index (Phi) is 4.40. The van der Waals surface area contributed by atoms with Crippen molar-refractivity contribution in [2.75, 3.05) is 5.32 Å². The summed E-state index contributed by atoms with van der Waals surface area (Å²) in [5.74, 6) is -1.60. The molecule has 6 heteroatoms. The third-order valence-electron chi connectivity index (χ3n) is 2.71. The Labute approximate surface area is 120 Å². The van der Waals surface area contributed by atoms with Crippen LogP contribution in [0.15, 0.2) is 48.5 Å². The number of amides is 1. The first kappa shape index (κ1) is 14.4. The van der Waals surface area contributed by atoms with E-state index in [0.29, 0.717) is 0 Å². The number of carboxylic acid groups (broad SMARTS) is 1. The predicted octanol–water partition coefficient (Wildman–Crippen LogP) is 2.84. The summed E-state index contributed by atoms with van der Waals surface area (Å²) in [7, 11) is 0. The molecule has 0 aromatic heterocycles. The fourth-order valence-electron chi connectivity index (χ4n) is 1.71. The van der Waals surface area contributed by atoms with Gasteiger partial charge in [0.25, 0.3) is 0 Å². The molecule has 3 N–H and O–H groups in total. The first-order chi connectivity index (χ1) is 10.1. The van der Waals surface area contributed by atoms with E-state index in [1.807, 2.05) is 18.2 Å². The SMILES string of the molecule is O=C(Nc1c(O)cccc1C(=O)O)OCc1ccccc1. The number of phenolic OH excluding ortho intramolecular Hbond substituents is 1. The number of carboxylic acids is 1. The summed E-state index contributed by atoms with van der Waals surface area (Å²) in [5.41, 5.74) is 0.387. The van der Waals surface area contributed by atoms with Gasteiger partial charge in [0, 0.05) is 0 Å². The Morgan fingerprint density at radius 1 is 1.05 bits per heavy atom. The summed E-state index contributed by atoms with van der Waals surface area (Å²) in [6.45, 7) is 0.0443. The normalized spacial score (nSPS) is 9.90. The van der Waals surface area contributed by atoms with Gasteiger partial charge in [-0.1, -0.05) is 36.4 Å². The van der Waals surface area contributed by atoms with Crippen LogP contribution in [-0.4, -0.2) is 22.3 Å². The highest BCUT2D eigenvalue weighted by atomic mass is 16.5. The number of phenols is 1. The number of nitrogens with one attached hydrogen (secondary N) is 1. The van der Waals surface area contributed by atoms with Crippen molar-refractivity contribution < 1.29 is 24.5 Å². The van der Waals surface area contributed by atoms with Gasteiger partial charge in [-0.3, -0.25) is 5.32 Å². The van der Waals surface area contributed by atoms with Crippen molar-refractivity contribution in [2.24, 2.45) is 0 Å². The molecule has 2 rings (SSSR count). The summed E-state index contributed by atoms with van der Waals surface area (Å²) >= 11 is 0. The van der Waals surface area contributed by atoms with Gasteiger partial charge in [0.15, 0.2) is 0 Å². The van der Waals surface area contributed by atoms with Crippen molar-refractivity contribution >= 4 is 17.7 Å². The maximum Gasteiger partial charge on any atom is 0.412 e. The molecule has 0 atom stereocenters. The molecular weight excluding hydrogens is 274 g/mol. The molecule has 0 saturated carbocycles. The van der Waals surface area contributed by atoms with E-state index in [-0.39, 0.29) is 23.6 Å². The number of carbonyl (C=O) groups is 2. The second-order valence-electron chi connectivity index (χ2n) is 4.19. The van der Waals surface area contributed by atoms with Gasteiger partial charge in [0.05, 0.1) is 5.56 Å². The monoisotopic (exact) mass is 287 g/mol.